The van der Waals surface area contributed by atoms with Gasteiger partial charge in [0.15, 0.2) is 5.82 Å². The Kier molecular flexibility index (Phi) is 10.6. The minimum Gasteiger partial charge on any atom is -0.508 e. The van der Waals surface area contributed by atoms with E-state index in [1.54, 1.807) is 0 Å². The number of phenols is 1. The molecule has 1 spiro atoms. The molecule has 55 heavy (non-hydrogen) atoms. The number of anilines is 1. The van der Waals surface area contributed by atoms with Crippen LogP contribution in [0.15, 0.2) is 30.5 Å². The molecule has 5 fully saturated rings. The van der Waals surface area contributed by atoms with E-state index in [0.29, 0.717) is 53.8 Å². The van der Waals surface area contributed by atoms with Gasteiger partial charge in [-0.25, -0.2) is 8.78 Å². The first-order valence-electron chi connectivity index (χ1n) is 20.0. The van der Waals surface area contributed by atoms with Gasteiger partial charge >= 0.3 is 6.01 Å². The number of terminal acetylenes is 1. The second-order valence-corrected chi connectivity index (χ2v) is 16.0. The van der Waals surface area contributed by atoms with Crippen LogP contribution in [0.3, 0.4) is 0 Å². The van der Waals surface area contributed by atoms with Gasteiger partial charge in [0, 0.05) is 53.1 Å². The molecule has 10 nitrogen and oxygen atoms in total. The number of nitrogens with zero attached hydrogens (tertiary/aromatic N) is 5. The first kappa shape index (κ1) is 37.8. The second-order valence-electron chi connectivity index (χ2n) is 16.0. The van der Waals surface area contributed by atoms with Crippen molar-refractivity contribution in [1.82, 2.24) is 19.9 Å². The smallest absolute Gasteiger partial charge is 0.319 e. The van der Waals surface area contributed by atoms with Crippen molar-refractivity contribution >= 4 is 27.5 Å². The van der Waals surface area contributed by atoms with E-state index < -0.39 is 17.7 Å². The van der Waals surface area contributed by atoms with Crippen molar-refractivity contribution in [3.8, 4) is 35.4 Å². The molecule has 5 aliphatic rings. The van der Waals surface area contributed by atoms with Crippen LogP contribution in [0, 0.1) is 34.8 Å². The second kappa shape index (κ2) is 15.4. The van der Waals surface area contributed by atoms with Crippen LogP contribution in [-0.4, -0.2) is 101 Å². The topological polar surface area (TPSA) is 113 Å². The summed E-state index contributed by atoms with van der Waals surface area (Å²) in [5.41, 5.74) is 0.252. The van der Waals surface area contributed by atoms with Crippen LogP contribution in [0.5, 0.6) is 11.8 Å². The molecule has 5 heterocycles. The highest BCUT2D eigenvalue weighted by Crippen LogP contribution is 2.51. The Morgan fingerprint density at radius 1 is 1.02 bits per heavy atom. The molecule has 3 atom stereocenters. The molecule has 0 amide bonds. The molecule has 3 unspecified atom stereocenters. The summed E-state index contributed by atoms with van der Waals surface area (Å²) in [5, 5.41) is 22.3. The number of phenolic OH excluding ortho intramolecular Hbond substituents is 1. The number of β-amino-alcohol motifs (C(OH)–C–C–N with tert-alkyl or cyclic N) is 1. The molecule has 4 aromatic rings. The van der Waals surface area contributed by atoms with Gasteiger partial charge in [0.1, 0.15) is 28.6 Å². The molecule has 3 aliphatic heterocycles. The molecule has 2 N–H and O–H groups in total. The molecule has 2 aromatic heterocycles. The van der Waals surface area contributed by atoms with Crippen LogP contribution in [0.25, 0.3) is 32.9 Å². The van der Waals surface area contributed by atoms with Gasteiger partial charge in [0.2, 0.25) is 0 Å². The third-order valence-corrected chi connectivity index (χ3v) is 12.8. The van der Waals surface area contributed by atoms with E-state index in [1.165, 1.54) is 56.1 Å². The summed E-state index contributed by atoms with van der Waals surface area (Å²) < 4.78 is 49.8. The van der Waals surface area contributed by atoms with Crippen LogP contribution >= 0.6 is 0 Å². The number of hydrogen-bond donors (Lipinski definition) is 2. The summed E-state index contributed by atoms with van der Waals surface area (Å²) in [4.78, 5) is 18.7. The monoisotopic (exact) mass is 755 g/mol. The Bertz CT molecular complexity index is 2100. The van der Waals surface area contributed by atoms with E-state index in [9.17, 15) is 14.6 Å². The first-order chi connectivity index (χ1) is 26.8. The predicted molar refractivity (Wildman–Crippen MR) is 207 cm³/mol. The Hall–Kier alpha value is -4.15. The van der Waals surface area contributed by atoms with Gasteiger partial charge in [0.25, 0.3) is 0 Å². The van der Waals surface area contributed by atoms with Crippen molar-refractivity contribution in [2.45, 2.75) is 89.8 Å². The molecule has 292 valence electrons. The fraction of sp³-hybridized carbons (Fsp3) is 0.558. The lowest BCUT2D eigenvalue weighted by molar-refractivity contribution is -0.143. The maximum Gasteiger partial charge on any atom is 0.319 e. The summed E-state index contributed by atoms with van der Waals surface area (Å²) >= 11 is 0. The van der Waals surface area contributed by atoms with Crippen LogP contribution in [-0.2, 0) is 9.47 Å². The highest BCUT2D eigenvalue weighted by Gasteiger charge is 2.51. The van der Waals surface area contributed by atoms with Crippen LogP contribution in [0.4, 0.5) is 14.6 Å². The number of benzene rings is 2. The van der Waals surface area contributed by atoms with Gasteiger partial charge in [0.05, 0.1) is 50.1 Å². The fourth-order valence-corrected chi connectivity index (χ4v) is 10.1. The van der Waals surface area contributed by atoms with Crippen molar-refractivity contribution in [3.63, 3.8) is 0 Å². The van der Waals surface area contributed by atoms with Crippen molar-refractivity contribution in [2.24, 2.45) is 10.8 Å². The summed E-state index contributed by atoms with van der Waals surface area (Å²) in [6.07, 6.45) is 16.8. The van der Waals surface area contributed by atoms with E-state index in [2.05, 4.69) is 20.8 Å². The number of pyridine rings is 1. The average Bonchev–Trinajstić information content (AvgIpc) is 3.51. The number of aliphatic hydroxyl groups is 1. The minimum atomic E-state index is -0.783. The Morgan fingerprint density at radius 2 is 1.82 bits per heavy atom. The molecule has 12 heteroatoms. The van der Waals surface area contributed by atoms with Crippen LogP contribution in [0.1, 0.15) is 77.2 Å². The molecule has 2 aromatic carbocycles. The van der Waals surface area contributed by atoms with Gasteiger partial charge in [-0.15, -0.1) is 6.42 Å². The van der Waals surface area contributed by atoms with E-state index in [4.69, 9.17) is 25.6 Å². The van der Waals surface area contributed by atoms with Crippen molar-refractivity contribution in [3.05, 3.63) is 47.7 Å². The van der Waals surface area contributed by atoms with Crippen LogP contribution < -0.4 is 9.64 Å². The third kappa shape index (κ3) is 6.87. The lowest BCUT2D eigenvalue weighted by Crippen LogP contribution is -2.57. The van der Waals surface area contributed by atoms with Crippen LogP contribution in [0.2, 0.25) is 0 Å². The predicted octanol–water partition coefficient (Wildman–Crippen LogP) is 7.01. The third-order valence-electron chi connectivity index (χ3n) is 12.8. The number of fused-ring (bicyclic) bond motifs is 3. The number of ether oxygens (including phenoxy) is 3. The van der Waals surface area contributed by atoms with Crippen molar-refractivity contribution in [1.29, 1.82) is 0 Å². The number of rotatable bonds is 6. The van der Waals surface area contributed by atoms with E-state index in [0.717, 1.165) is 51.9 Å². The summed E-state index contributed by atoms with van der Waals surface area (Å²) in [6.45, 7) is 8.48. The minimum absolute atomic E-state index is 0.0355. The molecule has 9 rings (SSSR count). The highest BCUT2D eigenvalue weighted by atomic mass is 19.1. The number of aromatic nitrogens is 3. The molecule has 0 radical (unpaired) electrons. The molecular formula is C43H51F2N5O5. The Balaban J connectivity index is 0.00000210. The van der Waals surface area contributed by atoms with Crippen molar-refractivity contribution < 1.29 is 33.2 Å². The number of aromatic hydroxyl groups is 1. The van der Waals surface area contributed by atoms with Gasteiger partial charge in [-0.3, -0.25) is 9.88 Å². The maximum atomic E-state index is 17.0. The normalized spacial score (nSPS) is 25.5. The lowest BCUT2D eigenvalue weighted by Gasteiger charge is -2.53. The quantitative estimate of drug-likeness (QED) is 0.200. The highest BCUT2D eigenvalue weighted by molar-refractivity contribution is 6.03. The number of aliphatic hydroxyl groups excluding tert-OH is 1. The fourth-order valence-electron chi connectivity index (χ4n) is 10.1. The van der Waals surface area contributed by atoms with Gasteiger partial charge in [-0.05, 0) is 81.5 Å². The van der Waals surface area contributed by atoms with Crippen molar-refractivity contribution in [2.75, 3.05) is 57.6 Å². The van der Waals surface area contributed by atoms with Gasteiger partial charge in [-0.1, -0.05) is 32.3 Å². The number of halogens is 2. The molecule has 0 bridgehead atoms. The zero-order chi connectivity index (χ0) is 38.3. The lowest BCUT2D eigenvalue weighted by atomic mass is 9.69. The van der Waals surface area contributed by atoms with Gasteiger partial charge < -0.3 is 29.3 Å². The SMILES string of the molecule is C#Cc1c(F)ccc2cc(O)cc(-c3ncc4c(N5CCOCC(O)C5)nc(OCC56CCCC5N(C5CCC7(CC5)COC7)CCC6)nc4c3F)c12.CC. The summed E-state index contributed by atoms with van der Waals surface area (Å²) in [6, 6.07) is 6.52. The molecule has 3 saturated heterocycles. The largest absolute Gasteiger partial charge is 0.508 e. The Morgan fingerprint density at radius 3 is 2.58 bits per heavy atom. The molecular weight excluding hydrogens is 704 g/mol. The van der Waals surface area contributed by atoms with E-state index in [-0.39, 0.29) is 58.1 Å². The number of likely N-dealkylation sites (tertiary alicyclic amines) is 1. The molecule has 2 saturated carbocycles. The zero-order valence-electron chi connectivity index (χ0n) is 31.8. The number of hydrogen-bond acceptors (Lipinski definition) is 10. The first-order valence-corrected chi connectivity index (χ1v) is 20.0. The van der Waals surface area contributed by atoms with Gasteiger partial charge in [-0.2, -0.15) is 9.97 Å². The summed E-state index contributed by atoms with van der Waals surface area (Å²) in [7, 11) is 0. The number of piperidine rings is 1. The Labute approximate surface area is 321 Å². The average molecular weight is 756 g/mol. The maximum absolute atomic E-state index is 17.0. The standard InChI is InChI=1S/C41H45F2N5O5.C2H6/c1-2-29-32(42)7-6-25-17-27(49)18-30(34(25)29)36-35(43)37-31(19-44-36)38(47-15-16-51-21-28(50)20-47)46-39(45-37)53-24-41-10-3-5-33(41)48(14-4-11-41)26-8-12-40(13-9-26)22-52-23-40;1-2/h1,6-7,17-19,26,28,33,49-50H,3-5,8-16,20-24H2;1-2H3. The zero-order valence-corrected chi connectivity index (χ0v) is 31.8. The molecule has 2 aliphatic carbocycles. The van der Waals surface area contributed by atoms with E-state index in [1.807, 2.05) is 18.7 Å². The van der Waals surface area contributed by atoms with E-state index >= 15 is 4.39 Å². The summed E-state index contributed by atoms with van der Waals surface area (Å²) in [5.74, 6) is 1.20.